The van der Waals surface area contributed by atoms with Crippen molar-refractivity contribution in [1.82, 2.24) is 0 Å². The number of sulfone groups is 1. The van der Waals surface area contributed by atoms with Gasteiger partial charge in [0.2, 0.25) is 0 Å². The fourth-order valence-electron chi connectivity index (χ4n) is 4.14. The largest absolute Gasteiger partial charge is 0.388 e. The molecule has 1 unspecified atom stereocenters. The Hall–Kier alpha value is -2.23. The van der Waals surface area contributed by atoms with Gasteiger partial charge in [-0.1, -0.05) is 19.4 Å². The Morgan fingerprint density at radius 2 is 2.04 bits per heavy atom. The SMILES string of the molecule is CCCc1cc(F)cc(C#N)c1Cc1ccc(S(C)(=O)=O)c2c1CCCC2O. The maximum absolute atomic E-state index is 13.9. The number of benzene rings is 2. The van der Waals surface area contributed by atoms with Gasteiger partial charge in [0, 0.05) is 11.8 Å². The fourth-order valence-corrected chi connectivity index (χ4v) is 5.11. The lowest BCUT2D eigenvalue weighted by Crippen LogP contribution is -2.17. The van der Waals surface area contributed by atoms with Gasteiger partial charge < -0.3 is 5.11 Å². The molecule has 0 aromatic heterocycles. The van der Waals surface area contributed by atoms with Gasteiger partial charge in [0.05, 0.1) is 22.6 Å². The molecule has 0 heterocycles. The van der Waals surface area contributed by atoms with Crippen molar-refractivity contribution in [1.29, 1.82) is 5.26 Å². The molecule has 0 amide bonds. The number of aryl methyl sites for hydroxylation is 1. The standard InChI is InChI=1S/C22H24FNO3S/c1-3-5-14-10-17(23)11-16(13-24)19(14)12-15-8-9-21(28(2,26)27)22-18(15)6-4-7-20(22)25/h8-11,20,25H,3-7,12H2,1-2H3. The van der Waals surface area contributed by atoms with Gasteiger partial charge in [-0.3, -0.25) is 0 Å². The minimum atomic E-state index is -3.46. The van der Waals surface area contributed by atoms with Crippen LogP contribution in [0.1, 0.15) is 65.7 Å². The molecule has 6 heteroatoms. The highest BCUT2D eigenvalue weighted by Crippen LogP contribution is 2.37. The summed E-state index contributed by atoms with van der Waals surface area (Å²) in [7, 11) is -3.46. The summed E-state index contributed by atoms with van der Waals surface area (Å²) >= 11 is 0. The fraction of sp³-hybridized carbons (Fsp3) is 0.409. The summed E-state index contributed by atoms with van der Waals surface area (Å²) < 4.78 is 38.3. The summed E-state index contributed by atoms with van der Waals surface area (Å²) in [4.78, 5) is 0.173. The average molecular weight is 402 g/mol. The molecule has 1 N–H and O–H groups in total. The topological polar surface area (TPSA) is 78.2 Å². The monoisotopic (exact) mass is 401 g/mol. The molecule has 28 heavy (non-hydrogen) atoms. The summed E-state index contributed by atoms with van der Waals surface area (Å²) in [6, 6.07) is 8.14. The first-order valence-corrected chi connectivity index (χ1v) is 11.4. The zero-order valence-corrected chi connectivity index (χ0v) is 16.9. The molecule has 0 spiro atoms. The number of halogens is 1. The first-order chi connectivity index (χ1) is 13.3. The van der Waals surface area contributed by atoms with Gasteiger partial charge in [0.25, 0.3) is 0 Å². The molecule has 1 atom stereocenters. The first kappa shape index (κ1) is 20.5. The van der Waals surface area contributed by atoms with Crippen molar-refractivity contribution >= 4 is 9.84 Å². The highest BCUT2D eigenvalue weighted by atomic mass is 32.2. The van der Waals surface area contributed by atoms with E-state index in [-0.39, 0.29) is 4.90 Å². The van der Waals surface area contributed by atoms with Gasteiger partial charge >= 0.3 is 0 Å². The second kappa shape index (κ2) is 8.02. The number of fused-ring (bicyclic) bond motifs is 1. The molecule has 1 aliphatic carbocycles. The van der Waals surface area contributed by atoms with E-state index in [4.69, 9.17) is 0 Å². The minimum absolute atomic E-state index is 0.173. The van der Waals surface area contributed by atoms with Crippen molar-refractivity contribution in [3.05, 3.63) is 63.5 Å². The number of aliphatic hydroxyl groups excluding tert-OH is 1. The van der Waals surface area contributed by atoms with Crippen LogP contribution >= 0.6 is 0 Å². The molecule has 2 aromatic carbocycles. The smallest absolute Gasteiger partial charge is 0.175 e. The van der Waals surface area contributed by atoms with Crippen molar-refractivity contribution < 1.29 is 17.9 Å². The van der Waals surface area contributed by atoms with Crippen LogP contribution in [0.4, 0.5) is 4.39 Å². The second-order valence-electron chi connectivity index (χ2n) is 7.42. The molecule has 3 rings (SSSR count). The molecule has 148 valence electrons. The molecule has 0 saturated carbocycles. The molecule has 2 aromatic rings. The zero-order chi connectivity index (χ0) is 20.5. The van der Waals surface area contributed by atoms with Crippen LogP contribution in [0.3, 0.4) is 0 Å². The molecule has 0 saturated heterocycles. The molecule has 1 aliphatic rings. The highest BCUT2D eigenvalue weighted by Gasteiger charge is 2.28. The molecule has 0 aliphatic heterocycles. The van der Waals surface area contributed by atoms with E-state index in [9.17, 15) is 23.2 Å². The molecule has 0 fully saturated rings. The third-order valence-electron chi connectivity index (χ3n) is 5.37. The van der Waals surface area contributed by atoms with E-state index in [0.717, 1.165) is 41.4 Å². The van der Waals surface area contributed by atoms with Crippen LogP contribution in [0.25, 0.3) is 0 Å². The van der Waals surface area contributed by atoms with Gasteiger partial charge in [0.15, 0.2) is 9.84 Å². The number of hydrogen-bond donors (Lipinski definition) is 1. The Bertz CT molecular complexity index is 1050. The maximum atomic E-state index is 13.9. The Kier molecular flexibility index (Phi) is 5.87. The molecule has 0 bridgehead atoms. The van der Waals surface area contributed by atoms with Gasteiger partial charge in [-0.2, -0.15) is 5.26 Å². The average Bonchev–Trinajstić information content (AvgIpc) is 2.63. The van der Waals surface area contributed by atoms with E-state index in [1.807, 2.05) is 6.92 Å². The summed E-state index contributed by atoms with van der Waals surface area (Å²) in [5, 5.41) is 20.0. The summed E-state index contributed by atoms with van der Waals surface area (Å²) in [5.74, 6) is -0.423. The molecule has 0 radical (unpaired) electrons. The lowest BCUT2D eigenvalue weighted by Gasteiger charge is -2.26. The Morgan fingerprint density at radius 3 is 2.68 bits per heavy atom. The van der Waals surface area contributed by atoms with E-state index in [2.05, 4.69) is 6.07 Å². The van der Waals surface area contributed by atoms with E-state index >= 15 is 0 Å². The summed E-state index contributed by atoms with van der Waals surface area (Å²) in [6.07, 6.45) is 4.21. The normalized spacial score (nSPS) is 16.5. The van der Waals surface area contributed by atoms with Crippen LogP contribution < -0.4 is 0 Å². The number of hydrogen-bond acceptors (Lipinski definition) is 4. The van der Waals surface area contributed by atoms with Crippen LogP contribution in [-0.4, -0.2) is 19.8 Å². The van der Waals surface area contributed by atoms with E-state index in [0.29, 0.717) is 36.8 Å². The number of rotatable bonds is 5. The number of nitriles is 1. The van der Waals surface area contributed by atoms with Crippen molar-refractivity contribution in [2.75, 3.05) is 6.26 Å². The summed E-state index contributed by atoms with van der Waals surface area (Å²) in [5.41, 5.74) is 4.11. The lowest BCUT2D eigenvalue weighted by atomic mass is 9.83. The van der Waals surface area contributed by atoms with Crippen LogP contribution in [0, 0.1) is 17.1 Å². The predicted molar refractivity (Wildman–Crippen MR) is 105 cm³/mol. The maximum Gasteiger partial charge on any atom is 0.175 e. The molecular formula is C22H24FNO3S. The lowest BCUT2D eigenvalue weighted by molar-refractivity contribution is 0.153. The number of nitrogens with zero attached hydrogens (tertiary/aromatic N) is 1. The molecule has 4 nitrogen and oxygen atoms in total. The minimum Gasteiger partial charge on any atom is -0.388 e. The van der Waals surface area contributed by atoms with Gasteiger partial charge in [0.1, 0.15) is 5.82 Å². The van der Waals surface area contributed by atoms with E-state index in [1.165, 1.54) is 12.1 Å². The number of aliphatic hydroxyl groups is 1. The Morgan fingerprint density at radius 1 is 1.29 bits per heavy atom. The third-order valence-corrected chi connectivity index (χ3v) is 6.52. The quantitative estimate of drug-likeness (QED) is 0.821. The summed E-state index contributed by atoms with van der Waals surface area (Å²) in [6.45, 7) is 2.00. The first-order valence-electron chi connectivity index (χ1n) is 9.50. The van der Waals surface area contributed by atoms with Crippen LogP contribution in [-0.2, 0) is 29.1 Å². The second-order valence-corrected chi connectivity index (χ2v) is 9.41. The van der Waals surface area contributed by atoms with Crippen molar-refractivity contribution in [3.63, 3.8) is 0 Å². The predicted octanol–water partition coefficient (Wildman–Crippen LogP) is 4.01. The van der Waals surface area contributed by atoms with E-state index in [1.54, 1.807) is 12.1 Å². The molecular weight excluding hydrogens is 377 g/mol. The van der Waals surface area contributed by atoms with Crippen LogP contribution in [0.15, 0.2) is 29.2 Å². The van der Waals surface area contributed by atoms with Crippen LogP contribution in [0.5, 0.6) is 0 Å². The Labute approximate surface area is 165 Å². The highest BCUT2D eigenvalue weighted by molar-refractivity contribution is 7.90. The van der Waals surface area contributed by atoms with Gasteiger partial charge in [-0.15, -0.1) is 0 Å². The Balaban J connectivity index is 2.18. The third kappa shape index (κ3) is 3.96. The van der Waals surface area contributed by atoms with Gasteiger partial charge in [-0.25, -0.2) is 12.8 Å². The van der Waals surface area contributed by atoms with Crippen molar-refractivity contribution in [2.45, 2.75) is 56.4 Å². The van der Waals surface area contributed by atoms with Gasteiger partial charge in [-0.05, 0) is 72.6 Å². The van der Waals surface area contributed by atoms with Crippen molar-refractivity contribution in [3.8, 4) is 6.07 Å². The van der Waals surface area contributed by atoms with Crippen molar-refractivity contribution in [2.24, 2.45) is 0 Å². The zero-order valence-electron chi connectivity index (χ0n) is 16.1. The van der Waals surface area contributed by atoms with Crippen LogP contribution in [0.2, 0.25) is 0 Å². The van der Waals surface area contributed by atoms with E-state index < -0.39 is 21.8 Å².